The van der Waals surface area contributed by atoms with E-state index in [1.165, 1.54) is 6.26 Å². The molecule has 1 atom stereocenters. The summed E-state index contributed by atoms with van der Waals surface area (Å²) in [6.45, 7) is 7.92. The number of carbonyl (C=O) groups is 1. The Balaban J connectivity index is 1.99. The maximum Gasteiger partial charge on any atom is 0.258 e. The quantitative estimate of drug-likeness (QED) is 0.782. The minimum absolute atomic E-state index is 0.0745. The van der Waals surface area contributed by atoms with Gasteiger partial charge in [-0.3, -0.25) is 4.79 Å². The summed E-state index contributed by atoms with van der Waals surface area (Å²) >= 11 is 0. The summed E-state index contributed by atoms with van der Waals surface area (Å²) in [4.78, 5) is 12.5. The first-order chi connectivity index (χ1) is 12.6. The number of aryl methyl sites for hydroxylation is 1. The predicted molar refractivity (Wildman–Crippen MR) is 107 cm³/mol. The van der Waals surface area contributed by atoms with Crippen LogP contribution in [0.15, 0.2) is 47.4 Å². The van der Waals surface area contributed by atoms with Gasteiger partial charge in [0.15, 0.2) is 16.4 Å². The zero-order valence-corrected chi connectivity index (χ0v) is 17.3. The maximum atomic E-state index is 12.3. The molecule has 1 unspecified atom stereocenters. The summed E-state index contributed by atoms with van der Waals surface area (Å²) in [6.07, 6.45) is 1.17. The summed E-state index contributed by atoms with van der Waals surface area (Å²) in [5.41, 5.74) is 2.97. The molecule has 0 aromatic heterocycles. The topological polar surface area (TPSA) is 72.5 Å². The average molecular weight is 390 g/mol. The van der Waals surface area contributed by atoms with Crippen LogP contribution in [0.25, 0.3) is 0 Å². The third kappa shape index (κ3) is 5.82. The highest BCUT2D eigenvalue weighted by molar-refractivity contribution is 7.90. The molecule has 1 amide bonds. The van der Waals surface area contributed by atoms with Gasteiger partial charge in [-0.15, -0.1) is 0 Å². The molecule has 0 aliphatic rings. The number of ether oxygens (including phenoxy) is 1. The van der Waals surface area contributed by atoms with Crippen molar-refractivity contribution in [2.75, 3.05) is 12.9 Å². The minimum Gasteiger partial charge on any atom is -0.483 e. The van der Waals surface area contributed by atoms with Gasteiger partial charge in [0.25, 0.3) is 5.91 Å². The molecule has 2 aromatic carbocycles. The van der Waals surface area contributed by atoms with E-state index < -0.39 is 9.84 Å². The lowest BCUT2D eigenvalue weighted by Crippen LogP contribution is -2.31. The smallest absolute Gasteiger partial charge is 0.258 e. The molecule has 2 aromatic rings. The molecule has 0 aliphatic heterocycles. The number of amides is 1. The first-order valence-corrected chi connectivity index (χ1v) is 10.8. The van der Waals surface area contributed by atoms with Gasteiger partial charge in [-0.05, 0) is 54.7 Å². The monoisotopic (exact) mass is 389 g/mol. The van der Waals surface area contributed by atoms with Gasteiger partial charge in [0.05, 0.1) is 10.9 Å². The van der Waals surface area contributed by atoms with Crippen LogP contribution in [-0.2, 0) is 14.6 Å². The van der Waals surface area contributed by atoms with Crippen molar-refractivity contribution in [2.24, 2.45) is 0 Å². The van der Waals surface area contributed by atoms with Crippen molar-refractivity contribution < 1.29 is 17.9 Å². The van der Waals surface area contributed by atoms with E-state index in [0.29, 0.717) is 5.92 Å². The second kappa shape index (κ2) is 8.57. The molecule has 0 heterocycles. The molecule has 0 spiro atoms. The van der Waals surface area contributed by atoms with Gasteiger partial charge < -0.3 is 10.1 Å². The van der Waals surface area contributed by atoms with Crippen LogP contribution in [0.5, 0.6) is 5.75 Å². The normalized spacial score (nSPS) is 12.7. The van der Waals surface area contributed by atoms with Crippen LogP contribution >= 0.6 is 0 Å². The Morgan fingerprint density at radius 2 is 1.70 bits per heavy atom. The summed E-state index contributed by atoms with van der Waals surface area (Å²) in [5, 5.41) is 2.87. The van der Waals surface area contributed by atoms with Gasteiger partial charge in [-0.1, -0.05) is 38.1 Å². The zero-order valence-electron chi connectivity index (χ0n) is 16.4. The molecule has 2 rings (SSSR count). The molecular formula is C21H27NO4S. The summed E-state index contributed by atoms with van der Waals surface area (Å²) < 4.78 is 28.8. The zero-order chi connectivity index (χ0) is 20.2. The fraction of sp³-hybridized carbons (Fsp3) is 0.381. The van der Waals surface area contributed by atoms with E-state index in [1.54, 1.807) is 24.3 Å². The van der Waals surface area contributed by atoms with Crippen molar-refractivity contribution in [3.63, 3.8) is 0 Å². The third-order valence-electron chi connectivity index (χ3n) is 4.34. The number of nitrogens with one attached hydrogen (secondary N) is 1. The molecule has 0 bridgehead atoms. The fourth-order valence-electron chi connectivity index (χ4n) is 2.76. The van der Waals surface area contributed by atoms with Crippen molar-refractivity contribution in [2.45, 2.75) is 44.6 Å². The van der Waals surface area contributed by atoms with Crippen molar-refractivity contribution >= 4 is 15.7 Å². The van der Waals surface area contributed by atoms with Crippen LogP contribution in [0.2, 0.25) is 0 Å². The fourth-order valence-corrected chi connectivity index (χ4v) is 3.39. The Kier molecular flexibility index (Phi) is 6.65. The van der Waals surface area contributed by atoms with Crippen LogP contribution in [0, 0.1) is 6.92 Å². The Morgan fingerprint density at radius 1 is 1.07 bits per heavy atom. The summed E-state index contributed by atoms with van der Waals surface area (Å²) in [5.74, 6) is 0.798. The van der Waals surface area contributed by atoms with Crippen LogP contribution in [0.3, 0.4) is 0 Å². The van der Waals surface area contributed by atoms with Crippen LogP contribution in [0.1, 0.15) is 49.4 Å². The first kappa shape index (κ1) is 21.0. The number of hydrogen-bond donors (Lipinski definition) is 1. The molecule has 0 aliphatic carbocycles. The highest BCUT2D eigenvalue weighted by Crippen LogP contribution is 2.27. The van der Waals surface area contributed by atoms with E-state index in [0.717, 1.165) is 22.4 Å². The van der Waals surface area contributed by atoms with Gasteiger partial charge in [0.1, 0.15) is 5.75 Å². The van der Waals surface area contributed by atoms with Crippen LogP contribution < -0.4 is 10.1 Å². The Hall–Kier alpha value is -2.34. The van der Waals surface area contributed by atoms with Gasteiger partial charge in [-0.2, -0.15) is 0 Å². The molecule has 146 valence electrons. The Bertz CT molecular complexity index is 902. The lowest BCUT2D eigenvalue weighted by Gasteiger charge is -2.17. The Labute approximate surface area is 161 Å². The number of benzene rings is 2. The average Bonchev–Trinajstić information content (AvgIpc) is 2.59. The first-order valence-electron chi connectivity index (χ1n) is 8.90. The molecule has 0 saturated carbocycles. The largest absolute Gasteiger partial charge is 0.483 e. The number of rotatable bonds is 7. The van der Waals surface area contributed by atoms with Crippen LogP contribution in [0.4, 0.5) is 0 Å². The number of carbonyl (C=O) groups excluding carboxylic acids is 1. The van der Waals surface area contributed by atoms with Crippen molar-refractivity contribution in [1.82, 2.24) is 5.32 Å². The summed E-state index contributed by atoms with van der Waals surface area (Å²) in [6, 6.07) is 12.3. The molecule has 27 heavy (non-hydrogen) atoms. The van der Waals surface area contributed by atoms with E-state index in [2.05, 4.69) is 19.2 Å². The highest BCUT2D eigenvalue weighted by Gasteiger charge is 2.14. The lowest BCUT2D eigenvalue weighted by molar-refractivity contribution is -0.123. The van der Waals surface area contributed by atoms with E-state index in [1.807, 2.05) is 32.0 Å². The van der Waals surface area contributed by atoms with E-state index >= 15 is 0 Å². The van der Waals surface area contributed by atoms with E-state index in [4.69, 9.17) is 4.74 Å². The van der Waals surface area contributed by atoms with Crippen molar-refractivity contribution in [3.05, 3.63) is 59.2 Å². The summed E-state index contributed by atoms with van der Waals surface area (Å²) in [7, 11) is -3.23. The number of sulfone groups is 1. The van der Waals surface area contributed by atoms with Gasteiger partial charge in [0, 0.05) is 6.26 Å². The second-order valence-electron chi connectivity index (χ2n) is 7.12. The Morgan fingerprint density at radius 3 is 2.26 bits per heavy atom. The van der Waals surface area contributed by atoms with Gasteiger partial charge in [0.2, 0.25) is 0 Å². The standard InChI is InChI=1S/C21H27NO4S/c1-14(2)19-11-6-15(3)12-20(19)26-13-21(23)22-16(4)17-7-9-18(10-8-17)27(5,24)25/h6-12,14,16H,13H2,1-5H3,(H,22,23). The molecule has 0 radical (unpaired) electrons. The van der Waals surface area contributed by atoms with Gasteiger partial charge >= 0.3 is 0 Å². The van der Waals surface area contributed by atoms with E-state index in [9.17, 15) is 13.2 Å². The van der Waals surface area contributed by atoms with Crippen LogP contribution in [-0.4, -0.2) is 27.2 Å². The molecule has 0 saturated heterocycles. The third-order valence-corrected chi connectivity index (χ3v) is 5.46. The highest BCUT2D eigenvalue weighted by atomic mass is 32.2. The SMILES string of the molecule is Cc1ccc(C(C)C)c(OCC(=O)NC(C)c2ccc(S(C)(=O)=O)cc2)c1. The molecular weight excluding hydrogens is 362 g/mol. The molecule has 6 heteroatoms. The molecule has 1 N–H and O–H groups in total. The van der Waals surface area contributed by atoms with Gasteiger partial charge in [-0.25, -0.2) is 8.42 Å². The second-order valence-corrected chi connectivity index (χ2v) is 9.13. The van der Waals surface area contributed by atoms with Crippen molar-refractivity contribution in [1.29, 1.82) is 0 Å². The van der Waals surface area contributed by atoms with Crippen molar-refractivity contribution in [3.8, 4) is 5.75 Å². The number of hydrogen-bond acceptors (Lipinski definition) is 4. The maximum absolute atomic E-state index is 12.3. The lowest BCUT2D eigenvalue weighted by atomic mass is 10.0. The molecule has 5 nitrogen and oxygen atoms in total. The predicted octanol–water partition coefficient (Wildman–Crippen LogP) is 3.78. The molecule has 0 fully saturated rings. The minimum atomic E-state index is -3.23. The van der Waals surface area contributed by atoms with E-state index in [-0.39, 0.29) is 23.5 Å².